The van der Waals surface area contributed by atoms with E-state index in [-0.39, 0.29) is 17.9 Å². The van der Waals surface area contributed by atoms with Gasteiger partial charge in [0.05, 0.1) is 6.54 Å². The Labute approximate surface area is 119 Å². The van der Waals surface area contributed by atoms with E-state index in [9.17, 15) is 9.59 Å². The highest BCUT2D eigenvalue weighted by Gasteiger charge is 2.21. The van der Waals surface area contributed by atoms with Crippen molar-refractivity contribution in [2.75, 3.05) is 26.2 Å². The van der Waals surface area contributed by atoms with Crippen molar-refractivity contribution >= 4 is 11.8 Å². The van der Waals surface area contributed by atoms with Crippen molar-refractivity contribution in [3.8, 4) is 0 Å². The monoisotopic (exact) mass is 280 g/mol. The van der Waals surface area contributed by atoms with Crippen LogP contribution in [0.4, 0.5) is 0 Å². The number of hydrogen-bond acceptors (Lipinski definition) is 4. The van der Waals surface area contributed by atoms with Gasteiger partial charge in [-0.25, -0.2) is 0 Å². The summed E-state index contributed by atoms with van der Waals surface area (Å²) in [6.45, 7) is 8.26. The van der Waals surface area contributed by atoms with Gasteiger partial charge >= 0.3 is 0 Å². The first-order valence-electron chi connectivity index (χ1n) is 6.78. The van der Waals surface area contributed by atoms with E-state index >= 15 is 0 Å². The van der Waals surface area contributed by atoms with Crippen LogP contribution in [-0.2, 0) is 4.79 Å². The summed E-state index contributed by atoms with van der Waals surface area (Å²) in [4.78, 5) is 28.3. The Morgan fingerprint density at radius 2 is 2.15 bits per heavy atom. The lowest BCUT2D eigenvalue weighted by atomic mass is 9.93. The molecule has 0 aliphatic heterocycles. The normalized spacial score (nSPS) is 11.7. The molecule has 4 N–H and O–H groups in total. The van der Waals surface area contributed by atoms with Crippen LogP contribution in [0.1, 0.15) is 31.3 Å². The minimum atomic E-state index is -0.408. The zero-order valence-corrected chi connectivity index (χ0v) is 12.4. The number of nitrogens with two attached hydrogens (primary N) is 1. The number of carbonyl (C=O) groups excluding carboxylic acids is 2. The Morgan fingerprint density at radius 3 is 2.65 bits per heavy atom. The molecule has 0 fully saturated rings. The van der Waals surface area contributed by atoms with E-state index in [0.717, 1.165) is 6.54 Å². The summed E-state index contributed by atoms with van der Waals surface area (Å²) in [6, 6.07) is 3.33. The number of nitrogens with one attached hydrogen (secondary N) is 2. The second kappa shape index (κ2) is 7.21. The first kappa shape index (κ1) is 16.4. The van der Waals surface area contributed by atoms with Gasteiger partial charge in [0.2, 0.25) is 5.91 Å². The number of aromatic amines is 1. The van der Waals surface area contributed by atoms with Crippen LogP contribution < -0.4 is 11.1 Å². The third-order valence-electron chi connectivity index (χ3n) is 3.11. The molecule has 6 heteroatoms. The fourth-order valence-electron chi connectivity index (χ4n) is 1.86. The summed E-state index contributed by atoms with van der Waals surface area (Å²) >= 11 is 0. The largest absolute Gasteiger partial charge is 0.357 e. The highest BCUT2D eigenvalue weighted by Crippen LogP contribution is 2.14. The lowest BCUT2D eigenvalue weighted by Crippen LogP contribution is -2.45. The fourth-order valence-corrected chi connectivity index (χ4v) is 1.86. The van der Waals surface area contributed by atoms with Gasteiger partial charge in [-0.05, 0) is 30.6 Å². The Kier molecular flexibility index (Phi) is 5.91. The van der Waals surface area contributed by atoms with Crippen LogP contribution in [0.25, 0.3) is 0 Å². The molecule has 0 spiro atoms. The van der Waals surface area contributed by atoms with Crippen molar-refractivity contribution in [2.24, 2.45) is 11.1 Å². The molecule has 0 aliphatic carbocycles. The SMILES string of the molecule is CCN(CC(=O)NC(=O)c1ccc[nH]1)CC(C)(C)CN. The van der Waals surface area contributed by atoms with Crippen molar-refractivity contribution in [1.82, 2.24) is 15.2 Å². The molecule has 0 aliphatic rings. The van der Waals surface area contributed by atoms with E-state index in [0.29, 0.717) is 18.8 Å². The molecule has 1 aromatic heterocycles. The quantitative estimate of drug-likeness (QED) is 0.681. The molecule has 1 heterocycles. The molecule has 2 amide bonds. The molecule has 1 aromatic rings. The van der Waals surface area contributed by atoms with E-state index in [1.54, 1.807) is 18.3 Å². The van der Waals surface area contributed by atoms with Gasteiger partial charge in [0.25, 0.3) is 5.91 Å². The van der Waals surface area contributed by atoms with Crippen molar-refractivity contribution in [2.45, 2.75) is 20.8 Å². The zero-order chi connectivity index (χ0) is 15.2. The van der Waals surface area contributed by atoms with Gasteiger partial charge in [0, 0.05) is 12.7 Å². The van der Waals surface area contributed by atoms with Gasteiger partial charge in [-0.15, -0.1) is 0 Å². The average Bonchev–Trinajstić information content (AvgIpc) is 2.91. The Balaban J connectivity index is 2.49. The lowest BCUT2D eigenvalue weighted by Gasteiger charge is -2.30. The summed E-state index contributed by atoms with van der Waals surface area (Å²) in [5.74, 6) is -0.714. The number of nitrogens with zero attached hydrogens (tertiary/aromatic N) is 1. The lowest BCUT2D eigenvalue weighted by molar-refractivity contribution is -0.121. The van der Waals surface area contributed by atoms with Gasteiger partial charge in [-0.2, -0.15) is 0 Å². The third-order valence-corrected chi connectivity index (χ3v) is 3.11. The summed E-state index contributed by atoms with van der Waals surface area (Å²) in [5, 5.41) is 2.37. The van der Waals surface area contributed by atoms with Crippen LogP contribution in [-0.4, -0.2) is 47.9 Å². The number of aromatic nitrogens is 1. The molecule has 0 saturated carbocycles. The fraction of sp³-hybridized carbons (Fsp3) is 0.571. The smallest absolute Gasteiger partial charge is 0.274 e. The molecule has 20 heavy (non-hydrogen) atoms. The predicted octanol–water partition coefficient (Wildman–Crippen LogP) is 0.578. The van der Waals surface area contributed by atoms with Crippen LogP contribution in [0.3, 0.4) is 0 Å². The van der Waals surface area contributed by atoms with E-state index in [1.807, 2.05) is 11.8 Å². The molecule has 0 saturated heterocycles. The summed E-state index contributed by atoms with van der Waals surface area (Å²) < 4.78 is 0. The van der Waals surface area contributed by atoms with Crippen molar-refractivity contribution < 1.29 is 9.59 Å². The average molecular weight is 280 g/mol. The molecule has 6 nitrogen and oxygen atoms in total. The Bertz CT molecular complexity index is 440. The molecular weight excluding hydrogens is 256 g/mol. The maximum atomic E-state index is 11.9. The molecule has 0 atom stereocenters. The summed E-state index contributed by atoms with van der Waals surface area (Å²) in [6.07, 6.45) is 1.64. The third kappa shape index (κ3) is 5.14. The Morgan fingerprint density at radius 1 is 1.45 bits per heavy atom. The van der Waals surface area contributed by atoms with E-state index in [4.69, 9.17) is 5.73 Å². The minimum Gasteiger partial charge on any atom is -0.357 e. The number of amides is 2. The highest BCUT2D eigenvalue weighted by molar-refractivity contribution is 6.04. The van der Waals surface area contributed by atoms with Crippen LogP contribution in [0.2, 0.25) is 0 Å². The molecule has 0 unspecified atom stereocenters. The van der Waals surface area contributed by atoms with Gasteiger partial charge in [-0.3, -0.25) is 19.8 Å². The minimum absolute atomic E-state index is 0.0558. The van der Waals surface area contributed by atoms with Crippen LogP contribution in [0.15, 0.2) is 18.3 Å². The molecular formula is C14H24N4O2. The van der Waals surface area contributed by atoms with Gasteiger partial charge in [0.1, 0.15) is 5.69 Å². The van der Waals surface area contributed by atoms with Crippen LogP contribution >= 0.6 is 0 Å². The summed E-state index contributed by atoms with van der Waals surface area (Å²) in [5.41, 5.74) is 6.02. The predicted molar refractivity (Wildman–Crippen MR) is 78.2 cm³/mol. The molecule has 0 radical (unpaired) electrons. The van der Waals surface area contributed by atoms with Crippen LogP contribution in [0.5, 0.6) is 0 Å². The molecule has 112 valence electrons. The molecule has 0 bridgehead atoms. The topological polar surface area (TPSA) is 91.2 Å². The number of H-pyrrole nitrogens is 1. The number of carbonyl (C=O) groups is 2. The van der Waals surface area contributed by atoms with Crippen molar-refractivity contribution in [1.29, 1.82) is 0 Å². The first-order chi connectivity index (χ1) is 9.38. The maximum absolute atomic E-state index is 11.9. The number of hydrogen-bond donors (Lipinski definition) is 3. The first-order valence-corrected chi connectivity index (χ1v) is 6.78. The van der Waals surface area contributed by atoms with Gasteiger partial charge < -0.3 is 10.7 Å². The van der Waals surface area contributed by atoms with E-state index in [2.05, 4.69) is 24.1 Å². The van der Waals surface area contributed by atoms with Crippen molar-refractivity contribution in [3.63, 3.8) is 0 Å². The number of likely N-dealkylation sites (N-methyl/N-ethyl adjacent to an activating group) is 1. The zero-order valence-electron chi connectivity index (χ0n) is 12.4. The Hall–Kier alpha value is -1.66. The van der Waals surface area contributed by atoms with E-state index in [1.165, 1.54) is 0 Å². The second-order valence-corrected chi connectivity index (χ2v) is 5.63. The molecule has 1 rings (SSSR count). The number of rotatable bonds is 7. The standard InChI is InChI=1S/C14H24N4O2/c1-4-18(10-14(2,3)9-15)8-12(19)17-13(20)11-6-5-7-16-11/h5-7,16H,4,8-10,15H2,1-3H3,(H,17,19,20). The van der Waals surface area contributed by atoms with Gasteiger partial charge in [0.15, 0.2) is 0 Å². The summed E-state index contributed by atoms with van der Waals surface area (Å²) in [7, 11) is 0. The van der Waals surface area contributed by atoms with Gasteiger partial charge in [-0.1, -0.05) is 20.8 Å². The highest BCUT2D eigenvalue weighted by atomic mass is 16.2. The molecule has 0 aromatic carbocycles. The van der Waals surface area contributed by atoms with Crippen LogP contribution in [0, 0.1) is 5.41 Å². The van der Waals surface area contributed by atoms with E-state index < -0.39 is 5.91 Å². The second-order valence-electron chi connectivity index (χ2n) is 5.63. The number of imide groups is 1. The maximum Gasteiger partial charge on any atom is 0.274 e. The van der Waals surface area contributed by atoms with Crippen molar-refractivity contribution in [3.05, 3.63) is 24.0 Å².